The molecule has 35 heavy (non-hydrogen) atoms. The number of rotatable bonds is 7. The summed E-state index contributed by atoms with van der Waals surface area (Å²) in [7, 11) is -3.79. The van der Waals surface area contributed by atoms with Crippen LogP contribution in [0.1, 0.15) is 36.4 Å². The van der Waals surface area contributed by atoms with Gasteiger partial charge in [0.05, 0.1) is 22.5 Å². The van der Waals surface area contributed by atoms with E-state index in [9.17, 15) is 18.5 Å². The van der Waals surface area contributed by atoms with Gasteiger partial charge in [-0.25, -0.2) is 8.42 Å². The number of fused-ring (bicyclic) bond motifs is 3. The zero-order chi connectivity index (χ0) is 24.6. The van der Waals surface area contributed by atoms with Gasteiger partial charge in [0, 0.05) is 29.4 Å². The van der Waals surface area contributed by atoms with Crippen LogP contribution in [0.5, 0.6) is 5.75 Å². The second-order valence-electron chi connectivity index (χ2n) is 8.64. The number of nitrogens with zero attached hydrogens (tertiary/aromatic N) is 1. The van der Waals surface area contributed by atoms with Crippen LogP contribution < -0.4 is 14.8 Å². The smallest absolute Gasteiger partial charge is 0.269 e. The molecule has 2 aliphatic rings. The molecule has 1 aliphatic carbocycles. The van der Waals surface area contributed by atoms with Gasteiger partial charge in [-0.3, -0.25) is 14.8 Å². The summed E-state index contributed by atoms with van der Waals surface area (Å²) in [5.41, 5.74) is 3.27. The largest absolute Gasteiger partial charge is 0.494 e. The summed E-state index contributed by atoms with van der Waals surface area (Å²) < 4.78 is 34.3. The third kappa shape index (κ3) is 4.46. The normalized spacial score (nSPS) is 20.4. The van der Waals surface area contributed by atoms with Crippen LogP contribution in [0.4, 0.5) is 17.1 Å². The maximum absolute atomic E-state index is 13.1. The number of hydrogen-bond donors (Lipinski definition) is 2. The van der Waals surface area contributed by atoms with Crippen molar-refractivity contribution >= 4 is 27.1 Å². The van der Waals surface area contributed by atoms with E-state index in [0.717, 1.165) is 23.2 Å². The molecule has 1 aliphatic heterocycles. The third-order valence-electron chi connectivity index (χ3n) is 6.53. The van der Waals surface area contributed by atoms with Gasteiger partial charge in [-0.15, -0.1) is 0 Å². The molecule has 0 amide bonds. The van der Waals surface area contributed by atoms with Gasteiger partial charge in [-0.1, -0.05) is 24.3 Å². The van der Waals surface area contributed by atoms with Crippen LogP contribution in [0.3, 0.4) is 0 Å². The molecule has 0 fully saturated rings. The summed E-state index contributed by atoms with van der Waals surface area (Å²) in [6.45, 7) is 2.43. The summed E-state index contributed by atoms with van der Waals surface area (Å²) in [5, 5.41) is 14.6. The standard InChI is InChI=1S/C26H25N3O5S/c1-2-34-20-12-8-18(9-13-20)28-35(32,33)21-14-15-25-24(16-21)22-4-3-5-23(22)26(27-25)17-6-10-19(11-7-17)29(30)31/h3-4,6-16,22-23,26-28H,2,5H2,1H3/t22-,23-,26+/m1/s1. The van der Waals surface area contributed by atoms with Gasteiger partial charge in [0.1, 0.15) is 5.75 Å². The number of non-ortho nitro benzene ring substituents is 1. The van der Waals surface area contributed by atoms with Crippen molar-refractivity contribution in [3.05, 3.63) is 100 Å². The van der Waals surface area contributed by atoms with E-state index in [1.807, 2.05) is 6.92 Å². The Labute approximate surface area is 203 Å². The monoisotopic (exact) mass is 491 g/mol. The first-order valence-electron chi connectivity index (χ1n) is 11.4. The summed E-state index contributed by atoms with van der Waals surface area (Å²) >= 11 is 0. The van der Waals surface area contributed by atoms with Gasteiger partial charge >= 0.3 is 0 Å². The maximum atomic E-state index is 13.1. The van der Waals surface area contributed by atoms with Crippen molar-refractivity contribution in [2.24, 2.45) is 5.92 Å². The molecule has 0 radical (unpaired) electrons. The van der Waals surface area contributed by atoms with E-state index >= 15 is 0 Å². The molecule has 0 saturated heterocycles. The van der Waals surface area contributed by atoms with Gasteiger partial charge in [0.25, 0.3) is 15.7 Å². The van der Waals surface area contributed by atoms with Crippen molar-refractivity contribution in [1.29, 1.82) is 0 Å². The van der Waals surface area contributed by atoms with Gasteiger partial charge in [0.2, 0.25) is 0 Å². The highest BCUT2D eigenvalue weighted by Crippen LogP contribution is 2.50. The molecule has 9 heteroatoms. The number of nitro benzene ring substituents is 1. The van der Waals surface area contributed by atoms with Crippen LogP contribution in [0.15, 0.2) is 83.8 Å². The molecule has 3 aromatic rings. The minimum absolute atomic E-state index is 0.0345. The van der Waals surface area contributed by atoms with Crippen molar-refractivity contribution in [2.45, 2.75) is 30.2 Å². The first kappa shape index (κ1) is 22.9. The van der Waals surface area contributed by atoms with Crippen LogP contribution in [0, 0.1) is 16.0 Å². The van der Waals surface area contributed by atoms with E-state index in [2.05, 4.69) is 22.2 Å². The zero-order valence-electron chi connectivity index (χ0n) is 19.0. The lowest BCUT2D eigenvalue weighted by atomic mass is 9.77. The zero-order valence-corrected chi connectivity index (χ0v) is 19.9. The molecule has 8 nitrogen and oxygen atoms in total. The summed E-state index contributed by atoms with van der Waals surface area (Å²) in [6, 6.07) is 18.5. The Bertz CT molecular complexity index is 1390. The average Bonchev–Trinajstić information content (AvgIpc) is 3.35. The van der Waals surface area contributed by atoms with E-state index < -0.39 is 14.9 Å². The number of ether oxygens (including phenoxy) is 1. The summed E-state index contributed by atoms with van der Waals surface area (Å²) in [5.74, 6) is 0.907. The van der Waals surface area contributed by atoms with E-state index in [1.54, 1.807) is 54.6 Å². The molecule has 180 valence electrons. The van der Waals surface area contributed by atoms with Gasteiger partial charge in [-0.2, -0.15) is 0 Å². The Balaban J connectivity index is 1.42. The lowest BCUT2D eigenvalue weighted by molar-refractivity contribution is -0.384. The minimum Gasteiger partial charge on any atom is -0.494 e. The molecule has 0 saturated carbocycles. The number of benzene rings is 3. The number of nitro groups is 1. The SMILES string of the molecule is CCOc1ccc(NS(=O)(=O)c2ccc3c(c2)[C@@H]2C=CC[C@H]2[C@H](c2ccc([N+](=O)[O-])cc2)N3)cc1. The molecule has 0 unspecified atom stereocenters. The van der Waals surface area contributed by atoms with Crippen molar-refractivity contribution in [3.8, 4) is 5.75 Å². The Hall–Kier alpha value is -3.85. The number of sulfonamides is 1. The van der Waals surface area contributed by atoms with Crippen LogP contribution in [-0.4, -0.2) is 19.9 Å². The van der Waals surface area contributed by atoms with E-state index in [4.69, 9.17) is 4.74 Å². The first-order chi connectivity index (χ1) is 16.9. The predicted octanol–water partition coefficient (Wildman–Crippen LogP) is 5.62. The van der Waals surface area contributed by atoms with Crippen LogP contribution in [0.25, 0.3) is 0 Å². The predicted molar refractivity (Wildman–Crippen MR) is 134 cm³/mol. The lowest BCUT2D eigenvalue weighted by Gasteiger charge is -2.37. The highest BCUT2D eigenvalue weighted by molar-refractivity contribution is 7.92. The summed E-state index contributed by atoms with van der Waals surface area (Å²) in [6.07, 6.45) is 5.07. The molecule has 3 aromatic carbocycles. The van der Waals surface area contributed by atoms with E-state index in [1.165, 1.54) is 12.1 Å². The minimum atomic E-state index is -3.79. The Morgan fingerprint density at radius 2 is 1.83 bits per heavy atom. The molecular weight excluding hydrogens is 466 g/mol. The maximum Gasteiger partial charge on any atom is 0.269 e. The Morgan fingerprint density at radius 3 is 2.51 bits per heavy atom. The molecule has 3 atom stereocenters. The number of hydrogen-bond acceptors (Lipinski definition) is 6. The average molecular weight is 492 g/mol. The van der Waals surface area contributed by atoms with Crippen molar-refractivity contribution in [3.63, 3.8) is 0 Å². The van der Waals surface area contributed by atoms with E-state index in [-0.39, 0.29) is 28.5 Å². The summed E-state index contributed by atoms with van der Waals surface area (Å²) in [4.78, 5) is 10.8. The molecule has 0 bridgehead atoms. The van der Waals surface area contributed by atoms with Crippen LogP contribution in [-0.2, 0) is 10.0 Å². The van der Waals surface area contributed by atoms with Gasteiger partial charge < -0.3 is 10.1 Å². The highest BCUT2D eigenvalue weighted by atomic mass is 32.2. The third-order valence-corrected chi connectivity index (χ3v) is 7.90. The highest BCUT2D eigenvalue weighted by Gasteiger charge is 2.38. The molecule has 0 spiro atoms. The fraction of sp³-hybridized carbons (Fsp3) is 0.231. The Morgan fingerprint density at radius 1 is 1.09 bits per heavy atom. The number of nitrogens with one attached hydrogen (secondary N) is 2. The topological polar surface area (TPSA) is 111 Å². The Kier molecular flexibility index (Phi) is 5.94. The van der Waals surface area contributed by atoms with Crippen molar-refractivity contribution in [2.75, 3.05) is 16.6 Å². The van der Waals surface area contributed by atoms with E-state index in [0.29, 0.717) is 18.0 Å². The van der Waals surface area contributed by atoms with Crippen LogP contribution in [0.2, 0.25) is 0 Å². The van der Waals surface area contributed by atoms with Crippen molar-refractivity contribution < 1.29 is 18.1 Å². The number of allylic oxidation sites excluding steroid dienone is 2. The molecular formula is C26H25N3O5S. The molecule has 5 rings (SSSR count). The fourth-order valence-electron chi connectivity index (χ4n) is 4.87. The fourth-order valence-corrected chi connectivity index (χ4v) is 5.97. The molecule has 0 aromatic heterocycles. The van der Waals surface area contributed by atoms with Crippen LogP contribution >= 0.6 is 0 Å². The van der Waals surface area contributed by atoms with Gasteiger partial charge in [0.15, 0.2) is 0 Å². The van der Waals surface area contributed by atoms with Crippen molar-refractivity contribution in [1.82, 2.24) is 0 Å². The molecule has 1 heterocycles. The first-order valence-corrected chi connectivity index (χ1v) is 12.9. The van der Waals surface area contributed by atoms with Gasteiger partial charge in [-0.05, 0) is 72.9 Å². The lowest BCUT2D eigenvalue weighted by Crippen LogP contribution is -2.29. The number of anilines is 2. The second-order valence-corrected chi connectivity index (χ2v) is 10.3. The quantitative estimate of drug-likeness (QED) is 0.252. The second kappa shape index (κ2) is 9.07. The molecule has 2 N–H and O–H groups in total.